The number of carboxylic acid groups (broad SMARTS) is 1. The summed E-state index contributed by atoms with van der Waals surface area (Å²) in [5, 5.41) is 11.5. The van der Waals surface area contributed by atoms with Gasteiger partial charge in [0.2, 0.25) is 0 Å². The smallest absolute Gasteiger partial charge is 0.327 e. The predicted octanol–water partition coefficient (Wildman–Crippen LogP) is 1.79. The second kappa shape index (κ2) is 5.87. The van der Waals surface area contributed by atoms with Crippen molar-refractivity contribution in [3.8, 4) is 0 Å². The third kappa shape index (κ3) is 2.72. The Morgan fingerprint density at radius 1 is 1.52 bits per heavy atom. The fraction of sp³-hybridized carbons (Fsp3) is 0.353. The Morgan fingerprint density at radius 3 is 2.91 bits per heavy atom. The van der Waals surface area contributed by atoms with E-state index in [1.165, 1.54) is 0 Å². The van der Waals surface area contributed by atoms with Gasteiger partial charge in [0, 0.05) is 13.1 Å². The van der Waals surface area contributed by atoms with Gasteiger partial charge < -0.3 is 15.0 Å². The van der Waals surface area contributed by atoms with Gasteiger partial charge in [0.1, 0.15) is 5.82 Å². The van der Waals surface area contributed by atoms with Crippen LogP contribution in [0.15, 0.2) is 30.4 Å². The van der Waals surface area contributed by atoms with E-state index in [9.17, 15) is 9.59 Å². The Kier molecular flexibility index (Phi) is 3.90. The molecule has 1 aromatic heterocycles. The van der Waals surface area contributed by atoms with Crippen LogP contribution in [-0.4, -0.2) is 27.0 Å². The maximum Gasteiger partial charge on any atom is 0.327 e. The van der Waals surface area contributed by atoms with Crippen LogP contribution in [0.3, 0.4) is 0 Å². The molecule has 1 fully saturated rings. The summed E-state index contributed by atoms with van der Waals surface area (Å²) >= 11 is 0. The lowest BCUT2D eigenvalue weighted by atomic mass is 9.76. The highest BCUT2D eigenvalue weighted by atomic mass is 16.4. The van der Waals surface area contributed by atoms with Gasteiger partial charge in [0.05, 0.1) is 16.6 Å². The second-order valence-corrected chi connectivity index (χ2v) is 5.92. The SMILES string of the molecule is Cn1c(C2(N[C]=O)CCC2)nc2ccc(CC=CC(=O)O)cc21. The molecule has 6 nitrogen and oxygen atoms in total. The van der Waals surface area contributed by atoms with E-state index >= 15 is 0 Å². The number of carbonyl (C=O) groups is 1. The molecule has 0 bridgehead atoms. The van der Waals surface area contributed by atoms with Crippen LogP contribution in [0.2, 0.25) is 0 Å². The highest BCUT2D eigenvalue weighted by Crippen LogP contribution is 2.41. The zero-order valence-corrected chi connectivity index (χ0v) is 12.9. The standard InChI is InChI=1S/C17H18N3O3/c1-20-14-10-12(4-2-5-15(22)23)6-7-13(14)19-16(20)17(18-11-21)8-3-9-17/h2,5-7,10H,3-4,8-9H2,1H3,(H,18,21)(H,22,23). The highest BCUT2D eigenvalue weighted by molar-refractivity contribution is 5.80. The van der Waals surface area contributed by atoms with Crippen molar-refractivity contribution in [3.63, 3.8) is 0 Å². The number of carbonyl (C=O) groups excluding carboxylic acids is 1. The number of aryl methyl sites for hydroxylation is 1. The molecule has 0 atom stereocenters. The fourth-order valence-electron chi connectivity index (χ4n) is 3.12. The summed E-state index contributed by atoms with van der Waals surface area (Å²) in [4.78, 5) is 26.0. The maximum atomic E-state index is 10.8. The van der Waals surface area contributed by atoms with Gasteiger partial charge in [-0.2, -0.15) is 0 Å². The van der Waals surface area contributed by atoms with Gasteiger partial charge >= 0.3 is 12.4 Å². The van der Waals surface area contributed by atoms with E-state index in [2.05, 4.69) is 10.3 Å². The number of benzene rings is 1. The Bertz CT molecular complexity index is 788. The summed E-state index contributed by atoms with van der Waals surface area (Å²) in [5.74, 6) is -0.0997. The molecule has 0 unspecified atom stereocenters. The Hall–Kier alpha value is -2.63. The van der Waals surface area contributed by atoms with E-state index in [0.29, 0.717) is 6.42 Å². The van der Waals surface area contributed by atoms with Crippen LogP contribution >= 0.6 is 0 Å². The van der Waals surface area contributed by atoms with Gasteiger partial charge in [-0.1, -0.05) is 12.1 Å². The first-order valence-electron chi connectivity index (χ1n) is 7.55. The molecule has 2 N–H and O–H groups in total. The third-order valence-corrected chi connectivity index (χ3v) is 4.48. The molecule has 6 heteroatoms. The molecule has 1 aromatic carbocycles. The molecular formula is C17H18N3O3. The predicted molar refractivity (Wildman–Crippen MR) is 85.6 cm³/mol. The molecule has 0 aliphatic heterocycles. The van der Waals surface area contributed by atoms with Crippen molar-refractivity contribution in [2.24, 2.45) is 7.05 Å². The zero-order valence-electron chi connectivity index (χ0n) is 12.9. The monoisotopic (exact) mass is 312 g/mol. The molecule has 1 saturated carbocycles. The zero-order chi connectivity index (χ0) is 16.4. The molecule has 0 saturated heterocycles. The molecule has 1 radical (unpaired) electrons. The number of carboxylic acids is 1. The van der Waals surface area contributed by atoms with Crippen molar-refractivity contribution in [1.29, 1.82) is 0 Å². The molecule has 2 aromatic rings. The lowest BCUT2D eigenvalue weighted by Crippen LogP contribution is -2.49. The molecule has 0 spiro atoms. The van der Waals surface area contributed by atoms with Crippen LogP contribution in [0.5, 0.6) is 0 Å². The topological polar surface area (TPSA) is 84.2 Å². The number of nitrogens with one attached hydrogen (secondary N) is 1. The number of amides is 1. The van der Waals surface area contributed by atoms with Crippen LogP contribution in [-0.2, 0) is 28.6 Å². The van der Waals surface area contributed by atoms with Gasteiger partial charge in [-0.25, -0.2) is 9.78 Å². The van der Waals surface area contributed by atoms with E-state index in [0.717, 1.165) is 47.8 Å². The molecule has 3 rings (SSSR count). The van der Waals surface area contributed by atoms with Crippen molar-refractivity contribution in [2.75, 3.05) is 0 Å². The van der Waals surface area contributed by atoms with Crippen molar-refractivity contribution >= 4 is 23.4 Å². The van der Waals surface area contributed by atoms with Gasteiger partial charge in [-0.3, -0.25) is 4.79 Å². The molecule has 1 aliphatic carbocycles. The number of aliphatic carboxylic acids is 1. The normalized spacial score (nSPS) is 16.4. The summed E-state index contributed by atoms with van der Waals surface area (Å²) in [6.45, 7) is 0. The molecule has 23 heavy (non-hydrogen) atoms. The van der Waals surface area contributed by atoms with E-state index in [-0.39, 0.29) is 0 Å². The summed E-state index contributed by atoms with van der Waals surface area (Å²) in [5.41, 5.74) is 2.45. The summed E-state index contributed by atoms with van der Waals surface area (Å²) in [6.07, 6.45) is 7.93. The van der Waals surface area contributed by atoms with Crippen LogP contribution in [0.4, 0.5) is 0 Å². The van der Waals surface area contributed by atoms with Gasteiger partial charge in [-0.15, -0.1) is 0 Å². The van der Waals surface area contributed by atoms with E-state index in [1.54, 1.807) is 6.08 Å². The number of hydrogen-bond donors (Lipinski definition) is 2. The minimum Gasteiger partial charge on any atom is -0.478 e. The number of aromatic nitrogens is 2. The molecule has 1 heterocycles. The van der Waals surface area contributed by atoms with E-state index in [1.807, 2.05) is 36.2 Å². The van der Waals surface area contributed by atoms with Crippen molar-refractivity contribution in [2.45, 2.75) is 31.2 Å². The quantitative estimate of drug-likeness (QED) is 0.629. The third-order valence-electron chi connectivity index (χ3n) is 4.48. The number of hydrogen-bond acceptors (Lipinski definition) is 3. The number of rotatable bonds is 6. The van der Waals surface area contributed by atoms with Gasteiger partial charge in [-0.05, 0) is 43.4 Å². The Morgan fingerprint density at radius 2 is 2.30 bits per heavy atom. The van der Waals surface area contributed by atoms with E-state index in [4.69, 9.17) is 5.11 Å². The summed E-state index contributed by atoms with van der Waals surface area (Å²) < 4.78 is 2.00. The van der Waals surface area contributed by atoms with Crippen LogP contribution < -0.4 is 5.32 Å². The molecule has 1 aliphatic rings. The number of fused-ring (bicyclic) bond motifs is 1. The largest absolute Gasteiger partial charge is 0.478 e. The Labute approximate surface area is 133 Å². The Balaban J connectivity index is 1.95. The maximum absolute atomic E-state index is 10.8. The minimum absolute atomic E-state index is 0.404. The first kappa shape index (κ1) is 15.3. The summed E-state index contributed by atoms with van der Waals surface area (Å²) in [6, 6.07) is 5.88. The first-order chi connectivity index (χ1) is 11.1. The average molecular weight is 312 g/mol. The number of nitrogens with zero attached hydrogens (tertiary/aromatic N) is 2. The van der Waals surface area contributed by atoms with Crippen molar-refractivity contribution in [3.05, 3.63) is 41.7 Å². The highest BCUT2D eigenvalue weighted by Gasteiger charge is 2.42. The molecular weight excluding hydrogens is 294 g/mol. The van der Waals surface area contributed by atoms with Crippen LogP contribution in [0.25, 0.3) is 11.0 Å². The lowest BCUT2D eigenvalue weighted by Gasteiger charge is -2.40. The van der Waals surface area contributed by atoms with Crippen molar-refractivity contribution in [1.82, 2.24) is 14.9 Å². The lowest BCUT2D eigenvalue weighted by molar-refractivity contribution is -0.131. The first-order valence-corrected chi connectivity index (χ1v) is 7.55. The second-order valence-electron chi connectivity index (χ2n) is 5.92. The fourth-order valence-corrected chi connectivity index (χ4v) is 3.12. The van der Waals surface area contributed by atoms with Crippen molar-refractivity contribution < 1.29 is 14.7 Å². The summed E-state index contributed by atoms with van der Waals surface area (Å²) in [7, 11) is 1.94. The van der Waals surface area contributed by atoms with Gasteiger partial charge in [0.15, 0.2) is 0 Å². The number of imidazole rings is 1. The van der Waals surface area contributed by atoms with Crippen LogP contribution in [0.1, 0.15) is 30.7 Å². The molecule has 1 amide bonds. The molecule has 119 valence electrons. The minimum atomic E-state index is -0.947. The van der Waals surface area contributed by atoms with Gasteiger partial charge in [0.25, 0.3) is 0 Å². The van der Waals surface area contributed by atoms with E-state index < -0.39 is 11.5 Å². The average Bonchev–Trinajstić information content (AvgIpc) is 2.80. The van der Waals surface area contributed by atoms with Crippen LogP contribution in [0, 0.1) is 0 Å². The number of allylic oxidation sites excluding steroid dienone is 1.